The summed E-state index contributed by atoms with van der Waals surface area (Å²) in [6.45, 7) is 8.33. The molecule has 90 valence electrons. The predicted octanol–water partition coefficient (Wildman–Crippen LogP) is 3.93. The molecule has 0 bridgehead atoms. The number of nitrogens with one attached hydrogen (secondary N) is 1. The first-order valence-corrected chi connectivity index (χ1v) is 6.19. The molecule has 16 heavy (non-hydrogen) atoms. The first kappa shape index (κ1) is 12.9. The molecule has 0 saturated carbocycles. The molecular formula is C14H23NO. The van der Waals surface area contributed by atoms with Crippen molar-refractivity contribution in [3.63, 3.8) is 0 Å². The Morgan fingerprint density at radius 2 is 1.88 bits per heavy atom. The molecule has 0 saturated heterocycles. The van der Waals surface area contributed by atoms with Gasteiger partial charge in [0.2, 0.25) is 0 Å². The van der Waals surface area contributed by atoms with Gasteiger partial charge in [0.1, 0.15) is 5.75 Å². The molecule has 0 fully saturated rings. The molecule has 1 aromatic rings. The van der Waals surface area contributed by atoms with Gasteiger partial charge in [0.05, 0.1) is 6.61 Å². The summed E-state index contributed by atoms with van der Waals surface area (Å²) in [6, 6.07) is 8.20. The zero-order valence-corrected chi connectivity index (χ0v) is 10.6. The monoisotopic (exact) mass is 221 g/mol. The highest BCUT2D eigenvalue weighted by atomic mass is 16.5. The molecule has 0 radical (unpaired) electrons. The highest BCUT2D eigenvalue weighted by molar-refractivity contribution is 5.46. The third-order valence-corrected chi connectivity index (χ3v) is 2.30. The van der Waals surface area contributed by atoms with Gasteiger partial charge in [-0.15, -0.1) is 0 Å². The van der Waals surface area contributed by atoms with Crippen molar-refractivity contribution in [3.8, 4) is 5.75 Å². The fraction of sp³-hybridized carbons (Fsp3) is 0.571. The highest BCUT2D eigenvalue weighted by Gasteiger charge is 1.97. The second-order valence-corrected chi connectivity index (χ2v) is 4.51. The van der Waals surface area contributed by atoms with Crippen LogP contribution in [0.2, 0.25) is 0 Å². The number of anilines is 1. The molecular weight excluding hydrogens is 198 g/mol. The number of hydrogen-bond donors (Lipinski definition) is 1. The van der Waals surface area contributed by atoms with Crippen molar-refractivity contribution >= 4 is 5.69 Å². The van der Waals surface area contributed by atoms with Crippen LogP contribution < -0.4 is 10.1 Å². The van der Waals surface area contributed by atoms with Gasteiger partial charge in [-0.2, -0.15) is 0 Å². The van der Waals surface area contributed by atoms with E-state index in [1.165, 1.54) is 18.5 Å². The van der Waals surface area contributed by atoms with Crippen LogP contribution in [0, 0.1) is 5.92 Å². The summed E-state index contributed by atoms with van der Waals surface area (Å²) in [5.74, 6) is 1.53. The van der Waals surface area contributed by atoms with E-state index in [-0.39, 0.29) is 0 Å². The Balaban J connectivity index is 2.35. The molecule has 0 spiro atoms. The fourth-order valence-corrected chi connectivity index (χ4v) is 1.34. The minimum absolute atomic E-state index is 0.572. The topological polar surface area (TPSA) is 21.3 Å². The molecule has 1 aromatic carbocycles. The van der Waals surface area contributed by atoms with E-state index >= 15 is 0 Å². The quantitative estimate of drug-likeness (QED) is 0.704. The lowest BCUT2D eigenvalue weighted by Crippen LogP contribution is -2.04. The number of ether oxygens (including phenoxy) is 1. The van der Waals surface area contributed by atoms with Crippen molar-refractivity contribution in [2.75, 3.05) is 18.5 Å². The van der Waals surface area contributed by atoms with E-state index in [2.05, 4.69) is 38.2 Å². The average molecular weight is 221 g/mol. The summed E-state index contributed by atoms with van der Waals surface area (Å²) < 4.78 is 5.62. The van der Waals surface area contributed by atoms with Gasteiger partial charge in [-0.1, -0.05) is 27.2 Å². The van der Waals surface area contributed by atoms with Crippen molar-refractivity contribution in [2.45, 2.75) is 33.6 Å². The molecule has 0 heterocycles. The molecule has 2 nitrogen and oxygen atoms in total. The van der Waals surface area contributed by atoms with E-state index in [0.717, 1.165) is 18.9 Å². The van der Waals surface area contributed by atoms with Gasteiger partial charge in [0.25, 0.3) is 0 Å². The van der Waals surface area contributed by atoms with Gasteiger partial charge in [-0.3, -0.25) is 0 Å². The van der Waals surface area contributed by atoms with Crippen molar-refractivity contribution < 1.29 is 4.74 Å². The maximum atomic E-state index is 5.62. The summed E-state index contributed by atoms with van der Waals surface area (Å²) in [5, 5.41) is 3.38. The first-order chi connectivity index (χ1) is 7.72. The van der Waals surface area contributed by atoms with Gasteiger partial charge < -0.3 is 10.1 Å². The van der Waals surface area contributed by atoms with Crippen molar-refractivity contribution in [1.29, 1.82) is 0 Å². The van der Waals surface area contributed by atoms with Crippen LogP contribution in [-0.4, -0.2) is 13.2 Å². The Hall–Kier alpha value is -1.18. The molecule has 2 heteroatoms. The Morgan fingerprint density at radius 3 is 2.44 bits per heavy atom. The third kappa shape index (κ3) is 5.06. The second-order valence-electron chi connectivity index (χ2n) is 4.51. The summed E-state index contributed by atoms with van der Waals surface area (Å²) in [7, 11) is 0. The molecule has 0 aromatic heterocycles. The van der Waals surface area contributed by atoms with Gasteiger partial charge in [0, 0.05) is 12.2 Å². The van der Waals surface area contributed by atoms with Gasteiger partial charge in [0.15, 0.2) is 0 Å². The molecule has 0 atom stereocenters. The second kappa shape index (κ2) is 7.15. The first-order valence-electron chi connectivity index (χ1n) is 6.19. The average Bonchev–Trinajstić information content (AvgIpc) is 2.28. The fourth-order valence-electron chi connectivity index (χ4n) is 1.34. The minimum atomic E-state index is 0.572. The zero-order chi connectivity index (χ0) is 11.8. The number of benzene rings is 1. The van der Waals surface area contributed by atoms with Crippen LogP contribution in [0.4, 0.5) is 5.69 Å². The standard InChI is InChI=1S/C14H23NO/c1-4-5-10-15-13-6-8-14(9-7-13)16-11-12(2)3/h6-9,12,15H,4-5,10-11H2,1-3H3. The Kier molecular flexibility index (Phi) is 5.76. The highest BCUT2D eigenvalue weighted by Crippen LogP contribution is 2.16. The Bertz CT molecular complexity index is 279. The lowest BCUT2D eigenvalue weighted by atomic mass is 10.2. The SMILES string of the molecule is CCCCNc1ccc(OCC(C)C)cc1. The van der Waals surface area contributed by atoms with E-state index < -0.39 is 0 Å². The lowest BCUT2D eigenvalue weighted by Gasteiger charge is -2.10. The third-order valence-electron chi connectivity index (χ3n) is 2.30. The number of hydrogen-bond acceptors (Lipinski definition) is 2. The molecule has 0 unspecified atom stereocenters. The minimum Gasteiger partial charge on any atom is -0.493 e. The maximum absolute atomic E-state index is 5.62. The summed E-state index contributed by atoms with van der Waals surface area (Å²) >= 11 is 0. The largest absolute Gasteiger partial charge is 0.493 e. The van der Waals surface area contributed by atoms with E-state index in [9.17, 15) is 0 Å². The number of rotatable bonds is 7. The van der Waals surface area contributed by atoms with Gasteiger partial charge in [-0.25, -0.2) is 0 Å². The van der Waals surface area contributed by atoms with Crippen LogP contribution in [0.25, 0.3) is 0 Å². The molecule has 0 amide bonds. The molecule has 0 aliphatic carbocycles. The van der Waals surface area contributed by atoms with E-state index in [0.29, 0.717) is 5.92 Å². The molecule has 1 N–H and O–H groups in total. The van der Waals surface area contributed by atoms with Crippen LogP contribution >= 0.6 is 0 Å². The van der Waals surface area contributed by atoms with Crippen molar-refractivity contribution in [1.82, 2.24) is 0 Å². The Labute approximate surface area is 99.0 Å². The zero-order valence-electron chi connectivity index (χ0n) is 10.6. The van der Waals surface area contributed by atoms with Crippen LogP contribution in [0.15, 0.2) is 24.3 Å². The van der Waals surface area contributed by atoms with Crippen LogP contribution in [0.1, 0.15) is 33.6 Å². The summed E-state index contributed by atoms with van der Waals surface area (Å²) in [5.41, 5.74) is 1.17. The molecule has 0 aliphatic rings. The smallest absolute Gasteiger partial charge is 0.119 e. The van der Waals surface area contributed by atoms with Gasteiger partial charge >= 0.3 is 0 Å². The molecule has 0 aliphatic heterocycles. The summed E-state index contributed by atoms with van der Waals surface area (Å²) in [6.07, 6.45) is 2.44. The number of unbranched alkanes of at least 4 members (excludes halogenated alkanes) is 1. The van der Waals surface area contributed by atoms with Crippen LogP contribution in [0.5, 0.6) is 5.75 Å². The van der Waals surface area contributed by atoms with Crippen molar-refractivity contribution in [3.05, 3.63) is 24.3 Å². The maximum Gasteiger partial charge on any atom is 0.119 e. The van der Waals surface area contributed by atoms with Crippen LogP contribution in [0.3, 0.4) is 0 Å². The molecule has 1 rings (SSSR count). The lowest BCUT2D eigenvalue weighted by molar-refractivity contribution is 0.271. The van der Waals surface area contributed by atoms with E-state index in [4.69, 9.17) is 4.74 Å². The van der Waals surface area contributed by atoms with E-state index in [1.807, 2.05) is 12.1 Å². The normalized spacial score (nSPS) is 10.5. The van der Waals surface area contributed by atoms with Gasteiger partial charge in [-0.05, 0) is 36.6 Å². The van der Waals surface area contributed by atoms with Crippen LogP contribution in [-0.2, 0) is 0 Å². The predicted molar refractivity (Wildman–Crippen MR) is 70.2 cm³/mol. The summed E-state index contributed by atoms with van der Waals surface area (Å²) in [4.78, 5) is 0. The Morgan fingerprint density at radius 1 is 1.19 bits per heavy atom. The van der Waals surface area contributed by atoms with E-state index in [1.54, 1.807) is 0 Å². The van der Waals surface area contributed by atoms with Crippen molar-refractivity contribution in [2.24, 2.45) is 5.92 Å².